The summed E-state index contributed by atoms with van der Waals surface area (Å²) in [5, 5.41) is 8.73. The normalized spacial score (nSPS) is 10.2. The Morgan fingerprint density at radius 3 is 2.43 bits per heavy atom. The van der Waals surface area contributed by atoms with Crippen molar-refractivity contribution in [3.63, 3.8) is 0 Å². The van der Waals surface area contributed by atoms with Gasteiger partial charge in [0, 0.05) is 12.2 Å². The van der Waals surface area contributed by atoms with Crippen LogP contribution in [0, 0.1) is 29.9 Å². The Kier molecular flexibility index (Phi) is 4.49. The molecule has 0 saturated carbocycles. The molecule has 108 valence electrons. The van der Waals surface area contributed by atoms with Crippen LogP contribution in [-0.2, 0) is 6.54 Å². The summed E-state index contributed by atoms with van der Waals surface area (Å²) >= 11 is 0. The third-order valence-electron chi connectivity index (χ3n) is 3.14. The van der Waals surface area contributed by atoms with Crippen molar-refractivity contribution in [2.24, 2.45) is 0 Å². The smallest absolute Gasteiger partial charge is 0.150 e. The van der Waals surface area contributed by atoms with Crippen LogP contribution in [-0.4, -0.2) is 11.5 Å². The van der Waals surface area contributed by atoms with E-state index in [1.807, 2.05) is 32.0 Å². The van der Waals surface area contributed by atoms with E-state index in [-0.39, 0.29) is 11.3 Å². The fourth-order valence-corrected chi connectivity index (χ4v) is 2.16. The zero-order valence-corrected chi connectivity index (χ0v) is 11.9. The lowest BCUT2D eigenvalue weighted by molar-refractivity contribution is 0.570. The van der Waals surface area contributed by atoms with Crippen molar-refractivity contribution in [3.8, 4) is 6.07 Å². The predicted molar refractivity (Wildman–Crippen MR) is 76.8 cm³/mol. The number of benzene rings is 1. The Labute approximate surface area is 122 Å². The van der Waals surface area contributed by atoms with E-state index in [1.54, 1.807) is 11.0 Å². The van der Waals surface area contributed by atoms with Crippen LogP contribution in [0.4, 0.5) is 14.5 Å². The number of hydrogen-bond donors (Lipinski definition) is 0. The first-order chi connectivity index (χ1) is 10.0. The van der Waals surface area contributed by atoms with E-state index in [4.69, 9.17) is 5.26 Å². The van der Waals surface area contributed by atoms with Gasteiger partial charge in [-0.3, -0.25) is 4.98 Å². The Bertz CT molecular complexity index is 669. The van der Waals surface area contributed by atoms with Gasteiger partial charge in [0.2, 0.25) is 0 Å². The summed E-state index contributed by atoms with van der Waals surface area (Å²) in [6.45, 7) is 4.41. The average Bonchev–Trinajstić information content (AvgIpc) is 2.45. The van der Waals surface area contributed by atoms with Gasteiger partial charge in [0.25, 0.3) is 0 Å². The van der Waals surface area contributed by atoms with Crippen LogP contribution in [0.3, 0.4) is 0 Å². The number of hydrogen-bond acceptors (Lipinski definition) is 3. The third kappa shape index (κ3) is 3.34. The quantitative estimate of drug-likeness (QED) is 0.863. The van der Waals surface area contributed by atoms with Gasteiger partial charge in [-0.05, 0) is 38.1 Å². The molecule has 0 fully saturated rings. The number of pyridine rings is 1. The van der Waals surface area contributed by atoms with E-state index in [0.717, 1.165) is 23.5 Å². The first kappa shape index (κ1) is 14.9. The summed E-state index contributed by atoms with van der Waals surface area (Å²) in [7, 11) is 0. The monoisotopic (exact) mass is 287 g/mol. The summed E-state index contributed by atoms with van der Waals surface area (Å²) in [5.74, 6) is -1.47. The fourth-order valence-electron chi connectivity index (χ4n) is 2.16. The molecule has 1 heterocycles. The summed E-state index contributed by atoms with van der Waals surface area (Å²) < 4.78 is 28.1. The van der Waals surface area contributed by atoms with Crippen molar-refractivity contribution in [1.82, 2.24) is 4.98 Å². The highest BCUT2D eigenvalue weighted by molar-refractivity contribution is 5.52. The van der Waals surface area contributed by atoms with Crippen molar-refractivity contribution < 1.29 is 8.78 Å². The van der Waals surface area contributed by atoms with Crippen LogP contribution in [0.15, 0.2) is 30.3 Å². The first-order valence-electron chi connectivity index (χ1n) is 6.61. The van der Waals surface area contributed by atoms with Crippen LogP contribution in [0.1, 0.15) is 23.9 Å². The number of aryl methyl sites for hydroxylation is 1. The predicted octanol–water partition coefficient (Wildman–Crippen LogP) is 3.57. The van der Waals surface area contributed by atoms with E-state index in [0.29, 0.717) is 13.1 Å². The standard InChI is InChI=1S/C16H15F2N3/c1-3-21(10-13-6-4-5-11(2)20-13)16-14(17)7-12(9-19)8-15(16)18/h4-8H,3,10H2,1-2H3. The zero-order valence-electron chi connectivity index (χ0n) is 11.9. The molecule has 0 aliphatic carbocycles. The summed E-state index contributed by atoms with van der Waals surface area (Å²) in [5.41, 5.74) is 1.43. The summed E-state index contributed by atoms with van der Waals surface area (Å²) in [6.07, 6.45) is 0. The minimum absolute atomic E-state index is 0.0292. The molecule has 2 aromatic rings. The molecule has 0 saturated heterocycles. The van der Waals surface area contributed by atoms with Crippen molar-refractivity contribution in [2.75, 3.05) is 11.4 Å². The van der Waals surface area contributed by atoms with Gasteiger partial charge in [-0.2, -0.15) is 5.26 Å². The van der Waals surface area contributed by atoms with Crippen molar-refractivity contribution in [2.45, 2.75) is 20.4 Å². The van der Waals surface area contributed by atoms with Crippen molar-refractivity contribution in [1.29, 1.82) is 5.26 Å². The van der Waals surface area contributed by atoms with Gasteiger partial charge in [-0.25, -0.2) is 8.78 Å². The molecule has 0 bridgehead atoms. The van der Waals surface area contributed by atoms with Gasteiger partial charge in [0.1, 0.15) is 5.69 Å². The second-order valence-corrected chi connectivity index (χ2v) is 4.68. The van der Waals surface area contributed by atoms with E-state index in [2.05, 4.69) is 4.98 Å². The molecule has 5 heteroatoms. The van der Waals surface area contributed by atoms with Crippen LogP contribution < -0.4 is 4.90 Å². The fraction of sp³-hybridized carbons (Fsp3) is 0.250. The van der Waals surface area contributed by atoms with Crippen LogP contribution in [0.2, 0.25) is 0 Å². The number of aromatic nitrogens is 1. The van der Waals surface area contributed by atoms with E-state index in [9.17, 15) is 8.78 Å². The second-order valence-electron chi connectivity index (χ2n) is 4.68. The summed E-state index contributed by atoms with van der Waals surface area (Å²) in [6, 6.07) is 9.37. The maximum atomic E-state index is 14.1. The lowest BCUT2D eigenvalue weighted by Crippen LogP contribution is -2.25. The van der Waals surface area contributed by atoms with Crippen LogP contribution >= 0.6 is 0 Å². The number of halogens is 2. The lowest BCUT2D eigenvalue weighted by Gasteiger charge is -2.24. The topological polar surface area (TPSA) is 39.9 Å². The molecule has 0 N–H and O–H groups in total. The molecule has 0 spiro atoms. The number of rotatable bonds is 4. The number of nitriles is 1. The molecule has 0 unspecified atom stereocenters. The highest BCUT2D eigenvalue weighted by Gasteiger charge is 2.17. The first-order valence-corrected chi connectivity index (χ1v) is 6.61. The number of nitrogens with zero attached hydrogens (tertiary/aromatic N) is 3. The highest BCUT2D eigenvalue weighted by Crippen LogP contribution is 2.26. The molecule has 3 nitrogen and oxygen atoms in total. The van der Waals surface area contributed by atoms with Gasteiger partial charge in [0.05, 0.1) is 23.9 Å². The highest BCUT2D eigenvalue weighted by atomic mass is 19.1. The maximum Gasteiger partial charge on any atom is 0.150 e. The zero-order chi connectivity index (χ0) is 15.4. The van der Waals surface area contributed by atoms with Gasteiger partial charge in [-0.15, -0.1) is 0 Å². The van der Waals surface area contributed by atoms with Crippen molar-refractivity contribution >= 4 is 5.69 Å². The molecule has 1 aromatic carbocycles. The molecule has 0 aliphatic heterocycles. The van der Waals surface area contributed by atoms with Gasteiger partial charge >= 0.3 is 0 Å². The van der Waals surface area contributed by atoms with Gasteiger partial charge in [0.15, 0.2) is 11.6 Å². The Balaban J connectivity index is 2.36. The average molecular weight is 287 g/mol. The van der Waals surface area contributed by atoms with Crippen LogP contribution in [0.5, 0.6) is 0 Å². The molecule has 2 rings (SSSR count). The van der Waals surface area contributed by atoms with E-state index < -0.39 is 11.6 Å². The Morgan fingerprint density at radius 2 is 1.90 bits per heavy atom. The third-order valence-corrected chi connectivity index (χ3v) is 3.14. The van der Waals surface area contributed by atoms with E-state index in [1.165, 1.54) is 0 Å². The van der Waals surface area contributed by atoms with E-state index >= 15 is 0 Å². The Morgan fingerprint density at radius 1 is 1.24 bits per heavy atom. The molecule has 1 aromatic heterocycles. The van der Waals surface area contributed by atoms with Gasteiger partial charge < -0.3 is 4.90 Å². The van der Waals surface area contributed by atoms with Crippen molar-refractivity contribution in [3.05, 3.63) is 58.9 Å². The minimum Gasteiger partial charge on any atom is -0.361 e. The minimum atomic E-state index is -0.735. The summed E-state index contributed by atoms with van der Waals surface area (Å²) in [4.78, 5) is 5.90. The molecule has 21 heavy (non-hydrogen) atoms. The lowest BCUT2D eigenvalue weighted by atomic mass is 10.1. The number of anilines is 1. The Hall–Kier alpha value is -2.48. The molecule has 0 radical (unpaired) electrons. The van der Waals surface area contributed by atoms with Gasteiger partial charge in [-0.1, -0.05) is 6.07 Å². The largest absolute Gasteiger partial charge is 0.361 e. The van der Waals surface area contributed by atoms with Crippen LogP contribution in [0.25, 0.3) is 0 Å². The molecular formula is C16H15F2N3. The molecular weight excluding hydrogens is 272 g/mol. The molecule has 0 atom stereocenters. The molecule has 0 aliphatic rings. The molecule has 0 amide bonds. The SMILES string of the molecule is CCN(Cc1cccc(C)n1)c1c(F)cc(C#N)cc1F. The second kappa shape index (κ2) is 6.31. The maximum absolute atomic E-state index is 14.1.